The first-order valence-corrected chi connectivity index (χ1v) is 5.30. The van der Waals surface area contributed by atoms with Crippen LogP contribution < -0.4 is 15.8 Å². The fraction of sp³-hybridized carbons (Fsp3) is 0.167. The number of nitrogens with zero attached hydrogens (tertiary/aromatic N) is 2. The number of anilines is 3. The molecule has 3 N–H and O–H groups in total. The van der Waals surface area contributed by atoms with Crippen molar-refractivity contribution < 1.29 is 9.13 Å². The first-order chi connectivity index (χ1) is 8.60. The molecule has 18 heavy (non-hydrogen) atoms. The average Bonchev–Trinajstić information content (AvgIpc) is 2.36. The maximum atomic E-state index is 13.5. The summed E-state index contributed by atoms with van der Waals surface area (Å²) in [6, 6.07) is 5.40. The molecule has 0 saturated heterocycles. The van der Waals surface area contributed by atoms with Gasteiger partial charge in [0.15, 0.2) is 11.6 Å². The Balaban J connectivity index is 2.31. The molecule has 1 aromatic heterocycles. The number of nitrogens with two attached hydrogens (primary N) is 1. The van der Waals surface area contributed by atoms with Crippen LogP contribution in [0.5, 0.6) is 5.75 Å². The molecule has 0 amide bonds. The number of nitrogens with one attached hydrogen (secondary N) is 1. The van der Waals surface area contributed by atoms with E-state index in [1.54, 1.807) is 19.2 Å². The Morgan fingerprint density at radius 2 is 2.17 bits per heavy atom. The van der Waals surface area contributed by atoms with Gasteiger partial charge in [-0.2, -0.15) is 4.98 Å². The number of aromatic nitrogens is 2. The number of ether oxygens (including phenoxy) is 1. The van der Waals surface area contributed by atoms with Gasteiger partial charge in [-0.15, -0.1) is 0 Å². The summed E-state index contributed by atoms with van der Waals surface area (Å²) in [6.45, 7) is 1.88. The van der Waals surface area contributed by atoms with Gasteiger partial charge in [0.25, 0.3) is 0 Å². The molecule has 0 bridgehead atoms. The quantitative estimate of drug-likeness (QED) is 0.871. The van der Waals surface area contributed by atoms with E-state index in [0.29, 0.717) is 0 Å². The lowest BCUT2D eigenvalue weighted by Crippen LogP contribution is -2.03. The average molecular weight is 248 g/mol. The fourth-order valence-electron chi connectivity index (χ4n) is 1.50. The molecule has 0 saturated carbocycles. The van der Waals surface area contributed by atoms with E-state index in [4.69, 9.17) is 10.5 Å². The predicted octanol–water partition coefficient (Wildman–Crippen LogP) is 2.26. The summed E-state index contributed by atoms with van der Waals surface area (Å²) in [5.74, 6) is 0.251. The number of methoxy groups -OCH3 is 1. The van der Waals surface area contributed by atoms with Crippen molar-refractivity contribution in [3.8, 4) is 5.75 Å². The van der Waals surface area contributed by atoms with Gasteiger partial charge in [-0.3, -0.25) is 0 Å². The summed E-state index contributed by atoms with van der Waals surface area (Å²) in [5, 5.41) is 2.87. The summed E-state index contributed by atoms with van der Waals surface area (Å²) in [7, 11) is 1.59. The zero-order chi connectivity index (χ0) is 13.1. The predicted molar refractivity (Wildman–Crippen MR) is 67.4 cm³/mol. The van der Waals surface area contributed by atoms with Crippen molar-refractivity contribution in [1.82, 2.24) is 9.97 Å². The number of benzene rings is 1. The second-order valence-electron chi connectivity index (χ2n) is 3.73. The smallest absolute Gasteiger partial charge is 0.222 e. The van der Waals surface area contributed by atoms with Gasteiger partial charge in [0.2, 0.25) is 5.95 Å². The third-order valence-electron chi connectivity index (χ3n) is 2.45. The van der Waals surface area contributed by atoms with Crippen LogP contribution in [0.15, 0.2) is 24.4 Å². The van der Waals surface area contributed by atoms with E-state index in [2.05, 4.69) is 15.3 Å². The number of hydrogen-bond acceptors (Lipinski definition) is 5. The van der Waals surface area contributed by atoms with Crippen LogP contribution in [0.25, 0.3) is 0 Å². The van der Waals surface area contributed by atoms with Gasteiger partial charge in [-0.25, -0.2) is 9.37 Å². The van der Waals surface area contributed by atoms with Crippen molar-refractivity contribution in [3.05, 3.63) is 35.8 Å². The summed E-state index contributed by atoms with van der Waals surface area (Å²) in [5.41, 5.74) is 7.05. The largest absolute Gasteiger partial charge is 0.497 e. The molecule has 94 valence electrons. The fourth-order valence-corrected chi connectivity index (χ4v) is 1.50. The van der Waals surface area contributed by atoms with Crippen molar-refractivity contribution in [2.75, 3.05) is 18.2 Å². The van der Waals surface area contributed by atoms with E-state index in [0.717, 1.165) is 23.2 Å². The van der Waals surface area contributed by atoms with E-state index in [1.165, 1.54) is 0 Å². The standard InChI is InChI=1S/C12H13FN4O/c1-7-5-8(18-2)3-4-10(7)16-11-9(13)6-15-12(14)17-11/h3-6H,1-2H3,(H3,14,15,16,17). The van der Waals surface area contributed by atoms with E-state index in [-0.39, 0.29) is 11.8 Å². The van der Waals surface area contributed by atoms with Crippen molar-refractivity contribution in [2.45, 2.75) is 6.92 Å². The SMILES string of the molecule is COc1ccc(Nc2nc(N)ncc2F)c(C)c1. The van der Waals surface area contributed by atoms with Crippen LogP contribution in [0, 0.1) is 12.7 Å². The lowest BCUT2D eigenvalue weighted by molar-refractivity contribution is 0.414. The molecule has 0 aliphatic rings. The van der Waals surface area contributed by atoms with Crippen LogP contribution in [0.4, 0.5) is 21.8 Å². The van der Waals surface area contributed by atoms with Crippen LogP contribution >= 0.6 is 0 Å². The molecule has 0 spiro atoms. The first-order valence-electron chi connectivity index (χ1n) is 5.30. The Bertz CT molecular complexity index is 574. The Hall–Kier alpha value is -2.37. The van der Waals surface area contributed by atoms with Crippen LogP contribution in [-0.2, 0) is 0 Å². The van der Waals surface area contributed by atoms with Crippen LogP contribution in [0.2, 0.25) is 0 Å². The van der Waals surface area contributed by atoms with E-state index < -0.39 is 5.82 Å². The molecule has 2 aromatic rings. The van der Waals surface area contributed by atoms with Gasteiger partial charge in [0.1, 0.15) is 5.75 Å². The van der Waals surface area contributed by atoms with E-state index in [9.17, 15) is 4.39 Å². The summed E-state index contributed by atoms with van der Waals surface area (Å²) in [6.07, 6.45) is 1.03. The molecule has 2 rings (SSSR count). The van der Waals surface area contributed by atoms with Gasteiger partial charge >= 0.3 is 0 Å². The molecule has 0 fully saturated rings. The number of aryl methyl sites for hydroxylation is 1. The van der Waals surface area contributed by atoms with Crippen molar-refractivity contribution >= 4 is 17.5 Å². The van der Waals surface area contributed by atoms with Crippen molar-refractivity contribution in [2.24, 2.45) is 0 Å². The van der Waals surface area contributed by atoms with E-state index in [1.807, 2.05) is 13.0 Å². The summed E-state index contributed by atoms with van der Waals surface area (Å²) < 4.78 is 18.6. The number of halogens is 1. The molecule has 5 nitrogen and oxygen atoms in total. The van der Waals surface area contributed by atoms with Crippen molar-refractivity contribution in [1.29, 1.82) is 0 Å². The lowest BCUT2D eigenvalue weighted by Gasteiger charge is -2.10. The first kappa shape index (κ1) is 12.1. The molecule has 0 aliphatic heterocycles. The zero-order valence-corrected chi connectivity index (χ0v) is 10.1. The highest BCUT2D eigenvalue weighted by Crippen LogP contribution is 2.24. The monoisotopic (exact) mass is 248 g/mol. The van der Waals surface area contributed by atoms with Gasteiger partial charge in [-0.05, 0) is 30.7 Å². The highest BCUT2D eigenvalue weighted by molar-refractivity contribution is 5.62. The number of nitrogen functional groups attached to an aromatic ring is 1. The highest BCUT2D eigenvalue weighted by atomic mass is 19.1. The van der Waals surface area contributed by atoms with Gasteiger partial charge in [-0.1, -0.05) is 0 Å². The number of rotatable bonds is 3. The lowest BCUT2D eigenvalue weighted by atomic mass is 10.2. The maximum Gasteiger partial charge on any atom is 0.222 e. The molecule has 6 heteroatoms. The Labute approximate surface area is 104 Å². The highest BCUT2D eigenvalue weighted by Gasteiger charge is 2.07. The molecule has 0 aliphatic carbocycles. The zero-order valence-electron chi connectivity index (χ0n) is 10.1. The molecular formula is C12H13FN4O. The molecule has 0 unspecified atom stereocenters. The third kappa shape index (κ3) is 2.48. The maximum absolute atomic E-state index is 13.5. The molecular weight excluding hydrogens is 235 g/mol. The Kier molecular flexibility index (Phi) is 3.27. The van der Waals surface area contributed by atoms with E-state index >= 15 is 0 Å². The molecule has 1 aromatic carbocycles. The van der Waals surface area contributed by atoms with Crippen molar-refractivity contribution in [3.63, 3.8) is 0 Å². The topological polar surface area (TPSA) is 73.1 Å². The minimum Gasteiger partial charge on any atom is -0.497 e. The molecule has 1 heterocycles. The van der Waals surface area contributed by atoms with Crippen LogP contribution in [0.1, 0.15) is 5.56 Å². The molecule has 0 atom stereocenters. The van der Waals surface area contributed by atoms with Gasteiger partial charge in [0.05, 0.1) is 13.3 Å². The minimum atomic E-state index is -0.556. The Morgan fingerprint density at radius 3 is 2.83 bits per heavy atom. The number of hydrogen-bond donors (Lipinski definition) is 2. The van der Waals surface area contributed by atoms with Gasteiger partial charge in [0, 0.05) is 5.69 Å². The Morgan fingerprint density at radius 1 is 1.39 bits per heavy atom. The second-order valence-corrected chi connectivity index (χ2v) is 3.73. The normalized spacial score (nSPS) is 10.2. The van der Waals surface area contributed by atoms with Crippen LogP contribution in [0.3, 0.4) is 0 Å². The van der Waals surface area contributed by atoms with Crippen LogP contribution in [-0.4, -0.2) is 17.1 Å². The molecule has 0 radical (unpaired) electrons. The van der Waals surface area contributed by atoms with Gasteiger partial charge < -0.3 is 15.8 Å². The third-order valence-corrected chi connectivity index (χ3v) is 2.45. The second kappa shape index (κ2) is 4.87. The summed E-state index contributed by atoms with van der Waals surface area (Å²) >= 11 is 0. The minimum absolute atomic E-state index is 0.0186. The summed E-state index contributed by atoms with van der Waals surface area (Å²) in [4.78, 5) is 7.36.